The van der Waals surface area contributed by atoms with Crippen LogP contribution in [0.2, 0.25) is 0 Å². The number of rotatable bonds is 2. The second kappa shape index (κ2) is 5.23. The van der Waals surface area contributed by atoms with Gasteiger partial charge in [0.25, 0.3) is 0 Å². The van der Waals surface area contributed by atoms with Crippen LogP contribution in [-0.4, -0.2) is 17.0 Å². The average Bonchev–Trinajstić information content (AvgIpc) is 2.49. The number of nitrogens with zero attached hydrogens (tertiary/aromatic N) is 2. The Morgan fingerprint density at radius 1 is 1.15 bits per heavy atom. The average molecular weight is 267 g/mol. The molecule has 1 heterocycles. The number of nitrogens with one attached hydrogen (secondary N) is 1. The highest BCUT2D eigenvalue weighted by molar-refractivity contribution is 5.46. The van der Waals surface area contributed by atoms with Crippen LogP contribution >= 0.6 is 0 Å². The van der Waals surface area contributed by atoms with E-state index in [-0.39, 0.29) is 0 Å². The van der Waals surface area contributed by atoms with Gasteiger partial charge in [-0.1, -0.05) is 24.3 Å². The van der Waals surface area contributed by atoms with Crippen molar-refractivity contribution in [1.29, 1.82) is 0 Å². The van der Waals surface area contributed by atoms with E-state index in [2.05, 4.69) is 43.4 Å². The summed E-state index contributed by atoms with van der Waals surface area (Å²) >= 11 is 0. The van der Waals surface area contributed by atoms with Crippen LogP contribution in [0.4, 0.5) is 5.82 Å². The molecule has 0 aliphatic heterocycles. The summed E-state index contributed by atoms with van der Waals surface area (Å²) in [5.41, 5.74) is 5.07. The predicted octanol–water partition coefficient (Wildman–Crippen LogP) is 3.60. The van der Waals surface area contributed by atoms with E-state index >= 15 is 0 Å². The largest absolute Gasteiger partial charge is 0.373 e. The summed E-state index contributed by atoms with van der Waals surface area (Å²) in [6, 6.07) is 8.72. The molecule has 3 heteroatoms. The molecular formula is C17H21N3. The van der Waals surface area contributed by atoms with Gasteiger partial charge in [-0.2, -0.15) is 0 Å². The Hall–Kier alpha value is -1.90. The highest BCUT2D eigenvalue weighted by Crippen LogP contribution is 2.35. The smallest absolute Gasteiger partial charge is 0.138 e. The maximum Gasteiger partial charge on any atom is 0.138 e. The first-order chi connectivity index (χ1) is 9.70. The zero-order valence-electron chi connectivity index (χ0n) is 12.4. The summed E-state index contributed by atoms with van der Waals surface area (Å²) in [5.74, 6) is 2.26. The van der Waals surface area contributed by atoms with Crippen LogP contribution in [-0.2, 0) is 6.42 Å². The Bertz CT molecular complexity index is 634. The third-order valence-electron chi connectivity index (χ3n) is 4.32. The van der Waals surface area contributed by atoms with Gasteiger partial charge in [-0.25, -0.2) is 9.97 Å². The van der Waals surface area contributed by atoms with Crippen molar-refractivity contribution in [3.05, 3.63) is 52.5 Å². The van der Waals surface area contributed by atoms with E-state index in [1.807, 2.05) is 7.05 Å². The molecule has 0 amide bonds. The molecule has 1 unspecified atom stereocenters. The van der Waals surface area contributed by atoms with E-state index in [1.54, 1.807) is 0 Å². The van der Waals surface area contributed by atoms with Crippen molar-refractivity contribution in [1.82, 2.24) is 9.97 Å². The lowest BCUT2D eigenvalue weighted by molar-refractivity contribution is 0.588. The standard InChI is InChI=1S/C17H21N3/c1-11-12(2)19-17(20-16(11)18-3)15-10-6-8-13-7-4-5-9-14(13)15/h4-5,7,9,15H,6,8,10H2,1-3H3,(H,18,19,20). The summed E-state index contributed by atoms with van der Waals surface area (Å²) in [7, 11) is 1.92. The Morgan fingerprint density at radius 3 is 2.75 bits per heavy atom. The fraction of sp³-hybridized carbons (Fsp3) is 0.412. The maximum absolute atomic E-state index is 4.75. The molecule has 2 aromatic rings. The van der Waals surface area contributed by atoms with Crippen molar-refractivity contribution in [2.45, 2.75) is 39.0 Å². The van der Waals surface area contributed by atoms with Gasteiger partial charge in [0.2, 0.25) is 0 Å². The van der Waals surface area contributed by atoms with Gasteiger partial charge in [-0.05, 0) is 44.2 Å². The first kappa shape index (κ1) is 13.1. The van der Waals surface area contributed by atoms with Crippen molar-refractivity contribution in [2.24, 2.45) is 0 Å². The molecule has 0 bridgehead atoms. The molecule has 1 aliphatic carbocycles. The highest BCUT2D eigenvalue weighted by atomic mass is 15.0. The molecule has 1 atom stereocenters. The second-order valence-electron chi connectivity index (χ2n) is 5.53. The Kier molecular flexibility index (Phi) is 3.43. The van der Waals surface area contributed by atoms with E-state index in [0.717, 1.165) is 29.3 Å². The second-order valence-corrected chi connectivity index (χ2v) is 5.53. The van der Waals surface area contributed by atoms with Crippen molar-refractivity contribution in [3.8, 4) is 0 Å². The molecule has 0 radical (unpaired) electrons. The number of anilines is 1. The monoisotopic (exact) mass is 267 g/mol. The van der Waals surface area contributed by atoms with Crippen LogP contribution in [0.15, 0.2) is 24.3 Å². The Labute approximate surface area is 120 Å². The van der Waals surface area contributed by atoms with Crippen molar-refractivity contribution < 1.29 is 0 Å². The molecule has 1 N–H and O–H groups in total. The molecule has 0 fully saturated rings. The molecule has 3 nitrogen and oxygen atoms in total. The summed E-state index contributed by atoms with van der Waals surface area (Å²) < 4.78 is 0. The topological polar surface area (TPSA) is 37.8 Å². The number of hydrogen-bond donors (Lipinski definition) is 1. The number of hydrogen-bond acceptors (Lipinski definition) is 3. The Morgan fingerprint density at radius 2 is 1.95 bits per heavy atom. The SMILES string of the molecule is CNc1nc(C2CCCc3ccccc32)nc(C)c1C. The van der Waals surface area contributed by atoms with Crippen LogP contribution < -0.4 is 5.32 Å². The molecule has 0 saturated carbocycles. The van der Waals surface area contributed by atoms with Gasteiger partial charge >= 0.3 is 0 Å². The molecule has 3 rings (SSSR count). The van der Waals surface area contributed by atoms with Gasteiger partial charge in [0.05, 0.1) is 0 Å². The molecule has 1 aromatic heterocycles. The van der Waals surface area contributed by atoms with Gasteiger partial charge in [-0.15, -0.1) is 0 Å². The van der Waals surface area contributed by atoms with Gasteiger partial charge in [0.15, 0.2) is 0 Å². The predicted molar refractivity (Wildman–Crippen MR) is 82.3 cm³/mol. The first-order valence-electron chi connectivity index (χ1n) is 7.31. The zero-order chi connectivity index (χ0) is 14.1. The Balaban J connectivity index is 2.09. The highest BCUT2D eigenvalue weighted by Gasteiger charge is 2.24. The van der Waals surface area contributed by atoms with Crippen LogP contribution in [0.1, 0.15) is 47.0 Å². The number of aryl methyl sites for hydroxylation is 2. The van der Waals surface area contributed by atoms with Crippen LogP contribution in [0.3, 0.4) is 0 Å². The summed E-state index contributed by atoms with van der Waals surface area (Å²) in [6.07, 6.45) is 3.53. The van der Waals surface area contributed by atoms with E-state index in [4.69, 9.17) is 9.97 Å². The lowest BCUT2D eigenvalue weighted by Gasteiger charge is -2.25. The minimum Gasteiger partial charge on any atom is -0.373 e. The third-order valence-corrected chi connectivity index (χ3v) is 4.32. The quantitative estimate of drug-likeness (QED) is 0.903. The first-order valence-corrected chi connectivity index (χ1v) is 7.31. The minimum atomic E-state index is 0.339. The molecular weight excluding hydrogens is 246 g/mol. The fourth-order valence-electron chi connectivity index (χ4n) is 3.07. The van der Waals surface area contributed by atoms with Crippen molar-refractivity contribution in [3.63, 3.8) is 0 Å². The van der Waals surface area contributed by atoms with Gasteiger partial charge in [0, 0.05) is 24.2 Å². The van der Waals surface area contributed by atoms with Gasteiger partial charge in [-0.3, -0.25) is 0 Å². The lowest BCUT2D eigenvalue weighted by atomic mass is 9.82. The molecule has 20 heavy (non-hydrogen) atoms. The van der Waals surface area contributed by atoms with Gasteiger partial charge < -0.3 is 5.32 Å². The normalized spacial score (nSPS) is 17.6. The van der Waals surface area contributed by atoms with Gasteiger partial charge in [0.1, 0.15) is 11.6 Å². The summed E-state index contributed by atoms with van der Waals surface area (Å²) in [5, 5.41) is 3.19. The third kappa shape index (κ3) is 2.17. The van der Waals surface area contributed by atoms with Crippen molar-refractivity contribution in [2.75, 3.05) is 12.4 Å². The number of benzene rings is 1. The van der Waals surface area contributed by atoms with Crippen LogP contribution in [0.25, 0.3) is 0 Å². The van der Waals surface area contributed by atoms with E-state index in [1.165, 1.54) is 24.0 Å². The minimum absolute atomic E-state index is 0.339. The van der Waals surface area contributed by atoms with Crippen molar-refractivity contribution >= 4 is 5.82 Å². The summed E-state index contributed by atoms with van der Waals surface area (Å²) in [4.78, 5) is 9.50. The number of aromatic nitrogens is 2. The lowest BCUT2D eigenvalue weighted by Crippen LogP contribution is -2.15. The molecule has 1 aliphatic rings. The van der Waals surface area contributed by atoms with E-state index < -0.39 is 0 Å². The van der Waals surface area contributed by atoms with Crippen LogP contribution in [0, 0.1) is 13.8 Å². The zero-order valence-corrected chi connectivity index (χ0v) is 12.4. The van der Waals surface area contributed by atoms with E-state index in [0.29, 0.717) is 5.92 Å². The molecule has 0 spiro atoms. The molecule has 1 aromatic carbocycles. The fourth-order valence-corrected chi connectivity index (χ4v) is 3.07. The van der Waals surface area contributed by atoms with Crippen LogP contribution in [0.5, 0.6) is 0 Å². The maximum atomic E-state index is 4.75. The molecule has 0 saturated heterocycles. The van der Waals surface area contributed by atoms with E-state index in [9.17, 15) is 0 Å². The number of fused-ring (bicyclic) bond motifs is 1. The summed E-state index contributed by atoms with van der Waals surface area (Å²) in [6.45, 7) is 4.13. The molecule has 104 valence electrons.